The second kappa shape index (κ2) is 7.41. The summed E-state index contributed by atoms with van der Waals surface area (Å²) >= 11 is 8.21. The summed E-state index contributed by atoms with van der Waals surface area (Å²) in [6.07, 6.45) is 2.14. The van der Waals surface area contributed by atoms with Gasteiger partial charge in [-0.25, -0.2) is 4.98 Å². The van der Waals surface area contributed by atoms with Gasteiger partial charge in [0.25, 0.3) is 0 Å². The molecule has 2 unspecified atom stereocenters. The highest BCUT2D eigenvalue weighted by Crippen LogP contribution is 2.31. The molecule has 1 aromatic heterocycles. The zero-order chi connectivity index (χ0) is 15.4. The van der Waals surface area contributed by atoms with E-state index in [-0.39, 0.29) is 5.38 Å². The van der Waals surface area contributed by atoms with Gasteiger partial charge in [0.1, 0.15) is 17.1 Å². The van der Waals surface area contributed by atoms with Gasteiger partial charge in [-0.15, -0.1) is 11.6 Å². The lowest BCUT2D eigenvalue weighted by Gasteiger charge is -2.15. The summed E-state index contributed by atoms with van der Waals surface area (Å²) in [5.74, 6) is 3.46. The lowest BCUT2D eigenvalue weighted by atomic mass is 10.2. The maximum atomic E-state index is 6.34. The molecule has 0 radical (unpaired) electrons. The number of nitrogens with zero attached hydrogens (tertiary/aromatic N) is 2. The van der Waals surface area contributed by atoms with E-state index >= 15 is 0 Å². The van der Waals surface area contributed by atoms with Crippen molar-refractivity contribution in [3.63, 3.8) is 0 Å². The SMILES string of the molecule is CCOc1cccc2c1nc(C(C)Cl)n2CC(C)CSC. The van der Waals surface area contributed by atoms with Crippen molar-refractivity contribution in [2.45, 2.75) is 32.7 Å². The molecule has 3 nitrogen and oxygen atoms in total. The van der Waals surface area contributed by atoms with Gasteiger partial charge in [0.2, 0.25) is 0 Å². The first-order chi connectivity index (χ1) is 10.1. The van der Waals surface area contributed by atoms with Crippen molar-refractivity contribution >= 4 is 34.4 Å². The number of alkyl halides is 1. The van der Waals surface area contributed by atoms with Crippen LogP contribution in [0.5, 0.6) is 5.75 Å². The number of hydrogen-bond donors (Lipinski definition) is 0. The highest BCUT2D eigenvalue weighted by Gasteiger charge is 2.18. The van der Waals surface area contributed by atoms with Gasteiger partial charge >= 0.3 is 0 Å². The molecule has 0 aliphatic heterocycles. The van der Waals surface area contributed by atoms with Crippen LogP contribution >= 0.6 is 23.4 Å². The summed E-state index contributed by atoms with van der Waals surface area (Å²) in [6, 6.07) is 6.09. The average molecular weight is 327 g/mol. The van der Waals surface area contributed by atoms with Crippen LogP contribution < -0.4 is 4.74 Å². The Morgan fingerprint density at radius 3 is 2.76 bits per heavy atom. The van der Waals surface area contributed by atoms with E-state index in [4.69, 9.17) is 21.3 Å². The summed E-state index contributed by atoms with van der Waals surface area (Å²) < 4.78 is 7.94. The third kappa shape index (κ3) is 3.67. The Hall–Kier alpha value is -0.870. The molecule has 1 heterocycles. The van der Waals surface area contributed by atoms with E-state index in [0.29, 0.717) is 12.5 Å². The maximum Gasteiger partial charge on any atom is 0.147 e. The van der Waals surface area contributed by atoms with Gasteiger partial charge in [-0.2, -0.15) is 11.8 Å². The Morgan fingerprint density at radius 2 is 2.14 bits per heavy atom. The van der Waals surface area contributed by atoms with Crippen LogP contribution in [0.15, 0.2) is 18.2 Å². The van der Waals surface area contributed by atoms with E-state index in [9.17, 15) is 0 Å². The highest BCUT2D eigenvalue weighted by molar-refractivity contribution is 7.98. The molecule has 0 N–H and O–H groups in total. The van der Waals surface area contributed by atoms with Crippen LogP contribution in [0, 0.1) is 5.92 Å². The van der Waals surface area contributed by atoms with Crippen LogP contribution in [0.2, 0.25) is 0 Å². The second-order valence-corrected chi connectivity index (χ2v) is 6.88. The molecular weight excluding hydrogens is 304 g/mol. The average Bonchev–Trinajstić information content (AvgIpc) is 2.80. The number of thioether (sulfide) groups is 1. The molecule has 0 amide bonds. The van der Waals surface area contributed by atoms with Crippen molar-refractivity contribution in [2.75, 3.05) is 18.6 Å². The number of hydrogen-bond acceptors (Lipinski definition) is 3. The third-order valence-electron chi connectivity index (χ3n) is 3.37. The molecule has 0 bridgehead atoms. The normalized spacial score (nSPS) is 14.3. The molecule has 116 valence electrons. The van der Waals surface area contributed by atoms with E-state index in [1.54, 1.807) is 0 Å². The minimum atomic E-state index is -0.117. The van der Waals surface area contributed by atoms with Gasteiger partial charge in [-0.3, -0.25) is 0 Å². The maximum absolute atomic E-state index is 6.34. The summed E-state index contributed by atoms with van der Waals surface area (Å²) in [4.78, 5) is 4.74. The van der Waals surface area contributed by atoms with E-state index in [1.807, 2.05) is 37.7 Å². The number of imidazole rings is 1. The van der Waals surface area contributed by atoms with Crippen molar-refractivity contribution in [3.8, 4) is 5.75 Å². The fourth-order valence-electron chi connectivity index (χ4n) is 2.56. The fraction of sp³-hybridized carbons (Fsp3) is 0.562. The quantitative estimate of drug-likeness (QED) is 0.688. The molecule has 21 heavy (non-hydrogen) atoms. The van der Waals surface area contributed by atoms with Crippen molar-refractivity contribution in [1.82, 2.24) is 9.55 Å². The van der Waals surface area contributed by atoms with Gasteiger partial charge < -0.3 is 9.30 Å². The largest absolute Gasteiger partial charge is 0.492 e. The molecule has 0 aliphatic carbocycles. The van der Waals surface area contributed by atoms with Gasteiger partial charge in [0, 0.05) is 6.54 Å². The molecule has 2 atom stereocenters. The Kier molecular flexibility index (Phi) is 5.82. The van der Waals surface area contributed by atoms with E-state index in [0.717, 1.165) is 34.9 Å². The Morgan fingerprint density at radius 1 is 1.38 bits per heavy atom. The smallest absolute Gasteiger partial charge is 0.147 e. The summed E-state index contributed by atoms with van der Waals surface area (Å²) in [7, 11) is 0. The number of halogens is 1. The molecular formula is C16H23ClN2OS. The van der Waals surface area contributed by atoms with Crippen LogP contribution in [0.3, 0.4) is 0 Å². The van der Waals surface area contributed by atoms with Crippen LogP contribution in [-0.2, 0) is 6.54 Å². The van der Waals surface area contributed by atoms with Gasteiger partial charge in [0.05, 0.1) is 17.5 Å². The van der Waals surface area contributed by atoms with Crippen LogP contribution in [0.25, 0.3) is 11.0 Å². The standard InChI is InChI=1S/C16H23ClN2OS/c1-5-20-14-8-6-7-13-15(14)18-16(12(3)17)19(13)9-11(2)10-21-4/h6-8,11-12H,5,9-10H2,1-4H3. The number of para-hydroxylation sites is 1. The zero-order valence-corrected chi connectivity index (χ0v) is 14.7. The first-order valence-corrected chi connectivity index (χ1v) is 9.16. The molecule has 0 spiro atoms. The lowest BCUT2D eigenvalue weighted by Crippen LogP contribution is -2.13. The van der Waals surface area contributed by atoms with Crippen LogP contribution in [0.1, 0.15) is 32.0 Å². The predicted molar refractivity (Wildman–Crippen MR) is 92.7 cm³/mol. The topological polar surface area (TPSA) is 27.1 Å². The zero-order valence-electron chi connectivity index (χ0n) is 13.1. The fourth-order valence-corrected chi connectivity index (χ4v) is 3.40. The molecule has 1 aromatic carbocycles. The Labute approximate surface area is 136 Å². The number of benzene rings is 1. The number of rotatable bonds is 7. The van der Waals surface area contributed by atoms with Crippen molar-refractivity contribution in [3.05, 3.63) is 24.0 Å². The predicted octanol–water partition coefficient (Wildman–Crippen LogP) is 4.73. The monoisotopic (exact) mass is 326 g/mol. The molecule has 2 rings (SSSR count). The van der Waals surface area contributed by atoms with Gasteiger partial charge in [-0.1, -0.05) is 13.0 Å². The van der Waals surface area contributed by atoms with Gasteiger partial charge in [0.15, 0.2) is 0 Å². The summed E-state index contributed by atoms with van der Waals surface area (Å²) in [6.45, 7) is 7.79. The minimum absolute atomic E-state index is 0.117. The first kappa shape index (κ1) is 16.5. The van der Waals surface area contributed by atoms with E-state index < -0.39 is 0 Å². The highest BCUT2D eigenvalue weighted by atomic mass is 35.5. The summed E-state index contributed by atoms with van der Waals surface area (Å²) in [5, 5.41) is -0.117. The van der Waals surface area contributed by atoms with E-state index in [2.05, 4.69) is 23.8 Å². The molecule has 2 aromatic rings. The van der Waals surface area contributed by atoms with Crippen LogP contribution in [-0.4, -0.2) is 28.2 Å². The number of aromatic nitrogens is 2. The molecule has 0 saturated heterocycles. The van der Waals surface area contributed by atoms with E-state index in [1.165, 1.54) is 0 Å². The lowest BCUT2D eigenvalue weighted by molar-refractivity contribution is 0.343. The van der Waals surface area contributed by atoms with Crippen molar-refractivity contribution in [2.24, 2.45) is 5.92 Å². The van der Waals surface area contributed by atoms with Crippen molar-refractivity contribution < 1.29 is 4.74 Å². The molecule has 0 saturated carbocycles. The molecule has 0 fully saturated rings. The molecule has 0 aliphatic rings. The van der Waals surface area contributed by atoms with Crippen LogP contribution in [0.4, 0.5) is 0 Å². The third-order valence-corrected chi connectivity index (χ3v) is 4.47. The first-order valence-electron chi connectivity index (χ1n) is 7.33. The Balaban J connectivity index is 2.50. The van der Waals surface area contributed by atoms with Gasteiger partial charge in [-0.05, 0) is 43.9 Å². The molecule has 5 heteroatoms. The summed E-state index contributed by atoms with van der Waals surface area (Å²) in [5.41, 5.74) is 2.02. The Bertz CT molecular complexity index is 597. The minimum Gasteiger partial charge on any atom is -0.492 e. The number of fused-ring (bicyclic) bond motifs is 1. The van der Waals surface area contributed by atoms with Crippen molar-refractivity contribution in [1.29, 1.82) is 0 Å². The number of ether oxygens (including phenoxy) is 1. The second-order valence-electron chi connectivity index (χ2n) is 5.31.